The summed E-state index contributed by atoms with van der Waals surface area (Å²) in [6.45, 7) is 0. The summed E-state index contributed by atoms with van der Waals surface area (Å²) in [6, 6.07) is 15.0. The smallest absolute Gasteiger partial charge is 0.332 e. The molecule has 0 fully saturated rings. The van der Waals surface area contributed by atoms with Crippen molar-refractivity contribution in [1.82, 2.24) is 14.1 Å². The molecule has 0 bridgehead atoms. The number of hydrogen-bond donors (Lipinski definition) is 2. The number of carbonyl (C=O) groups excluding carboxylic acids is 1. The van der Waals surface area contributed by atoms with Crippen LogP contribution < -0.4 is 16.6 Å². The minimum Gasteiger partial charge on any atom is -0.340 e. The monoisotopic (exact) mass is 464 g/mol. The Kier molecular flexibility index (Phi) is 4.08. The maximum Gasteiger partial charge on any atom is 0.332 e. The van der Waals surface area contributed by atoms with Crippen molar-refractivity contribution < 1.29 is 4.79 Å². The van der Waals surface area contributed by atoms with Crippen LogP contribution in [0.2, 0.25) is 0 Å². The number of para-hydroxylation sites is 1. The topological polar surface area (TPSA) is 88.9 Å². The van der Waals surface area contributed by atoms with Crippen molar-refractivity contribution in [3.8, 4) is 11.3 Å². The van der Waals surface area contributed by atoms with Crippen molar-refractivity contribution in [2.24, 2.45) is 14.1 Å². The highest BCUT2D eigenvalue weighted by Crippen LogP contribution is 2.43. The minimum atomic E-state index is -0.668. The molecule has 0 saturated carbocycles. The average molecular weight is 465 g/mol. The third-order valence-corrected chi connectivity index (χ3v) is 6.19. The van der Waals surface area contributed by atoms with Crippen LogP contribution in [0.25, 0.3) is 22.3 Å². The number of aromatic amines is 1. The van der Waals surface area contributed by atoms with E-state index < -0.39 is 17.2 Å². The summed E-state index contributed by atoms with van der Waals surface area (Å²) in [6.07, 6.45) is 0. The molecule has 1 atom stereocenters. The molecule has 0 unspecified atom stereocenters. The number of nitrogens with one attached hydrogen (secondary N) is 2. The summed E-state index contributed by atoms with van der Waals surface area (Å²) in [7, 11) is 3.06. The molecule has 3 heterocycles. The minimum absolute atomic E-state index is 0.202. The molecule has 0 spiro atoms. The van der Waals surface area contributed by atoms with E-state index in [4.69, 9.17) is 0 Å². The zero-order chi connectivity index (χ0) is 21.2. The third kappa shape index (κ3) is 2.53. The van der Waals surface area contributed by atoms with E-state index in [0.29, 0.717) is 22.3 Å². The van der Waals surface area contributed by atoms with Crippen LogP contribution in [-0.4, -0.2) is 20.0 Å². The van der Waals surface area contributed by atoms with Gasteiger partial charge in [0.15, 0.2) is 0 Å². The summed E-state index contributed by atoms with van der Waals surface area (Å²) in [5, 5.41) is 3.25. The number of benzene rings is 2. The van der Waals surface area contributed by atoms with E-state index in [-0.39, 0.29) is 5.91 Å². The lowest BCUT2D eigenvalue weighted by atomic mass is 9.89. The van der Waals surface area contributed by atoms with Crippen LogP contribution in [0.1, 0.15) is 17.0 Å². The van der Waals surface area contributed by atoms with Crippen molar-refractivity contribution >= 4 is 38.6 Å². The number of amides is 1. The first-order valence-electron chi connectivity index (χ1n) is 9.35. The quantitative estimate of drug-likeness (QED) is 0.477. The van der Waals surface area contributed by atoms with E-state index in [1.807, 2.05) is 48.5 Å². The second-order valence-electron chi connectivity index (χ2n) is 7.36. The van der Waals surface area contributed by atoms with Crippen LogP contribution >= 0.6 is 15.9 Å². The molecule has 150 valence electrons. The largest absolute Gasteiger partial charge is 0.340 e. The second-order valence-corrected chi connectivity index (χ2v) is 8.28. The molecule has 0 radical (unpaired) electrons. The van der Waals surface area contributed by atoms with Gasteiger partial charge in [0, 0.05) is 29.8 Å². The van der Waals surface area contributed by atoms with Gasteiger partial charge in [-0.15, -0.1) is 0 Å². The summed E-state index contributed by atoms with van der Waals surface area (Å²) in [4.78, 5) is 42.0. The highest BCUT2D eigenvalue weighted by Gasteiger charge is 2.37. The van der Waals surface area contributed by atoms with Crippen LogP contribution in [0, 0.1) is 0 Å². The van der Waals surface area contributed by atoms with E-state index in [0.717, 1.165) is 25.9 Å². The standard InChI is InChI=1S/C22H17BrN4O3/c1-26-19-17(21(29)27(2)22(26)30)16(18(25-19)11-7-9-12(23)10-8-11)15-13-5-3-4-6-14(13)24-20(15)28/h3-10,15,25H,1-2H3,(H,24,28)/t15-/m0/s1. The molecule has 8 heteroatoms. The third-order valence-electron chi connectivity index (χ3n) is 5.66. The van der Waals surface area contributed by atoms with E-state index in [1.165, 1.54) is 11.6 Å². The van der Waals surface area contributed by atoms with Gasteiger partial charge < -0.3 is 10.3 Å². The fraction of sp³-hybridized carbons (Fsp3) is 0.136. The number of carbonyl (C=O) groups is 1. The molecule has 2 aromatic carbocycles. The molecule has 7 nitrogen and oxygen atoms in total. The van der Waals surface area contributed by atoms with Gasteiger partial charge in [0.25, 0.3) is 5.56 Å². The number of H-pyrrole nitrogens is 1. The van der Waals surface area contributed by atoms with E-state index in [1.54, 1.807) is 7.05 Å². The SMILES string of the molecule is Cn1c(=O)c2c([C@H]3C(=O)Nc4ccccc43)c(-c3ccc(Br)cc3)[nH]c2n(C)c1=O. The Hall–Kier alpha value is -3.39. The van der Waals surface area contributed by atoms with Crippen LogP contribution in [0.15, 0.2) is 62.6 Å². The number of hydrogen-bond acceptors (Lipinski definition) is 3. The van der Waals surface area contributed by atoms with Gasteiger partial charge in [-0.3, -0.25) is 18.7 Å². The van der Waals surface area contributed by atoms with Crippen LogP contribution in [0.5, 0.6) is 0 Å². The van der Waals surface area contributed by atoms with Crippen molar-refractivity contribution in [2.75, 3.05) is 5.32 Å². The average Bonchev–Trinajstić information content (AvgIpc) is 3.28. The summed E-state index contributed by atoms with van der Waals surface area (Å²) < 4.78 is 3.39. The predicted molar refractivity (Wildman–Crippen MR) is 119 cm³/mol. The van der Waals surface area contributed by atoms with Gasteiger partial charge in [-0.05, 0) is 29.3 Å². The van der Waals surface area contributed by atoms with Crippen LogP contribution in [0.3, 0.4) is 0 Å². The van der Waals surface area contributed by atoms with E-state index in [9.17, 15) is 14.4 Å². The lowest BCUT2D eigenvalue weighted by Gasteiger charge is -2.12. The number of anilines is 1. The molecule has 5 rings (SSSR count). The Bertz CT molecular complexity index is 1460. The number of fused-ring (bicyclic) bond motifs is 2. The fourth-order valence-electron chi connectivity index (χ4n) is 4.17. The Labute approximate surface area is 179 Å². The molecule has 0 saturated heterocycles. The maximum atomic E-state index is 13.2. The number of aryl methyl sites for hydroxylation is 1. The Balaban J connectivity index is 1.94. The van der Waals surface area contributed by atoms with Crippen molar-refractivity contribution in [1.29, 1.82) is 0 Å². The number of halogens is 1. The van der Waals surface area contributed by atoms with Gasteiger partial charge in [0.1, 0.15) is 5.65 Å². The summed E-state index contributed by atoms with van der Waals surface area (Å²) >= 11 is 3.44. The lowest BCUT2D eigenvalue weighted by Crippen LogP contribution is -2.37. The zero-order valence-electron chi connectivity index (χ0n) is 16.2. The zero-order valence-corrected chi connectivity index (χ0v) is 17.8. The van der Waals surface area contributed by atoms with Crippen molar-refractivity contribution in [3.63, 3.8) is 0 Å². The Morgan fingerprint density at radius 3 is 2.37 bits per heavy atom. The van der Waals surface area contributed by atoms with Gasteiger partial charge >= 0.3 is 5.69 Å². The molecular formula is C22H17BrN4O3. The summed E-state index contributed by atoms with van der Waals surface area (Å²) in [5.74, 6) is -0.870. The molecule has 1 aliphatic heterocycles. The first-order chi connectivity index (χ1) is 14.4. The number of aromatic nitrogens is 3. The predicted octanol–water partition coefficient (Wildman–Crippen LogP) is 3.08. The molecular weight excluding hydrogens is 448 g/mol. The highest BCUT2D eigenvalue weighted by atomic mass is 79.9. The molecule has 2 aromatic heterocycles. The molecule has 4 aromatic rings. The lowest BCUT2D eigenvalue weighted by molar-refractivity contribution is -0.116. The van der Waals surface area contributed by atoms with Gasteiger partial charge in [-0.2, -0.15) is 0 Å². The molecule has 30 heavy (non-hydrogen) atoms. The molecule has 1 amide bonds. The first kappa shape index (κ1) is 18.6. The van der Waals surface area contributed by atoms with Gasteiger partial charge in [-0.1, -0.05) is 46.3 Å². The normalized spacial score (nSPS) is 15.4. The van der Waals surface area contributed by atoms with E-state index in [2.05, 4.69) is 26.2 Å². The Morgan fingerprint density at radius 2 is 1.63 bits per heavy atom. The van der Waals surface area contributed by atoms with Crippen molar-refractivity contribution in [3.05, 3.63) is 85.0 Å². The fourth-order valence-corrected chi connectivity index (χ4v) is 4.44. The first-order valence-corrected chi connectivity index (χ1v) is 10.1. The number of rotatable bonds is 2. The van der Waals surface area contributed by atoms with Crippen LogP contribution in [-0.2, 0) is 18.9 Å². The molecule has 2 N–H and O–H groups in total. The van der Waals surface area contributed by atoms with Crippen LogP contribution in [0.4, 0.5) is 5.69 Å². The van der Waals surface area contributed by atoms with Gasteiger partial charge in [0.2, 0.25) is 5.91 Å². The second kappa shape index (κ2) is 6.56. The van der Waals surface area contributed by atoms with Crippen molar-refractivity contribution in [2.45, 2.75) is 5.92 Å². The van der Waals surface area contributed by atoms with Gasteiger partial charge in [0.05, 0.1) is 17.0 Å². The maximum absolute atomic E-state index is 13.2. The summed E-state index contributed by atoms with van der Waals surface area (Å²) in [5.41, 5.74) is 3.10. The highest BCUT2D eigenvalue weighted by molar-refractivity contribution is 9.10. The molecule has 0 aliphatic carbocycles. The number of nitrogens with zero attached hydrogens (tertiary/aromatic N) is 2. The Morgan fingerprint density at radius 1 is 0.933 bits per heavy atom. The van der Waals surface area contributed by atoms with E-state index >= 15 is 0 Å². The van der Waals surface area contributed by atoms with Gasteiger partial charge in [-0.25, -0.2) is 4.79 Å². The molecule has 1 aliphatic rings.